The molecule has 13 heavy (non-hydrogen) atoms. The van der Waals surface area contributed by atoms with Crippen LogP contribution in [0.2, 0.25) is 0 Å². The molecule has 0 bridgehead atoms. The van der Waals surface area contributed by atoms with Crippen LogP contribution in [0.3, 0.4) is 0 Å². The molecule has 78 valence electrons. The number of aliphatic hydroxyl groups excluding tert-OH is 2. The summed E-state index contributed by atoms with van der Waals surface area (Å²) in [6.07, 6.45) is -0.138. The normalized spacial score (nSPS) is 30.7. The molecule has 1 fully saturated rings. The van der Waals surface area contributed by atoms with Crippen molar-refractivity contribution in [2.24, 2.45) is 0 Å². The lowest BCUT2D eigenvalue weighted by Crippen LogP contribution is -2.43. The minimum Gasteiger partial charge on any atom is -0.394 e. The predicted molar refractivity (Wildman–Crippen MR) is 46.3 cm³/mol. The molecule has 1 heterocycles. The molecule has 1 unspecified atom stereocenters. The van der Waals surface area contributed by atoms with Gasteiger partial charge in [0.25, 0.3) is 0 Å². The summed E-state index contributed by atoms with van der Waals surface area (Å²) in [5.74, 6) is 0. The Kier molecular flexibility index (Phi) is 4.08. The Morgan fingerprint density at radius 1 is 1.54 bits per heavy atom. The van der Waals surface area contributed by atoms with E-state index in [0.717, 1.165) is 0 Å². The van der Waals surface area contributed by atoms with Gasteiger partial charge < -0.3 is 25.4 Å². The van der Waals surface area contributed by atoms with Gasteiger partial charge in [0.1, 0.15) is 5.60 Å². The zero-order valence-electron chi connectivity index (χ0n) is 7.57. The Labute approximate surface area is 77.3 Å². The van der Waals surface area contributed by atoms with Crippen LogP contribution in [-0.2, 0) is 4.74 Å². The number of nitrogens with one attached hydrogen (secondary N) is 1. The number of ether oxygens (including phenoxy) is 1. The maximum absolute atomic E-state index is 9.75. The zero-order valence-corrected chi connectivity index (χ0v) is 7.57. The second kappa shape index (κ2) is 4.88. The SMILES string of the molecule is OC[C@@H](O)CNCC1(O)CCOC1. The molecule has 0 saturated carbocycles. The molecule has 0 aromatic carbocycles. The first-order valence-corrected chi connectivity index (χ1v) is 4.46. The molecule has 0 amide bonds. The van der Waals surface area contributed by atoms with Crippen molar-refractivity contribution in [3.05, 3.63) is 0 Å². The maximum atomic E-state index is 9.75. The quantitative estimate of drug-likeness (QED) is 0.407. The smallest absolute Gasteiger partial charge is 0.102 e. The summed E-state index contributed by atoms with van der Waals surface area (Å²) in [6, 6.07) is 0. The van der Waals surface area contributed by atoms with Crippen LogP contribution < -0.4 is 5.32 Å². The van der Waals surface area contributed by atoms with Crippen LogP contribution in [0.5, 0.6) is 0 Å². The van der Waals surface area contributed by atoms with Crippen LogP contribution in [0.1, 0.15) is 6.42 Å². The maximum Gasteiger partial charge on any atom is 0.102 e. The van der Waals surface area contributed by atoms with Gasteiger partial charge in [0.05, 0.1) is 19.3 Å². The molecule has 1 aliphatic rings. The molecule has 1 rings (SSSR count). The summed E-state index contributed by atoms with van der Waals surface area (Å²) in [6.45, 7) is 1.35. The number of hydrogen-bond acceptors (Lipinski definition) is 5. The lowest BCUT2D eigenvalue weighted by molar-refractivity contribution is 0.0219. The molecule has 5 nitrogen and oxygen atoms in total. The molecule has 0 aromatic heterocycles. The van der Waals surface area contributed by atoms with Gasteiger partial charge in [-0.3, -0.25) is 0 Å². The Morgan fingerprint density at radius 2 is 2.31 bits per heavy atom. The van der Waals surface area contributed by atoms with E-state index in [9.17, 15) is 5.11 Å². The summed E-state index contributed by atoms with van der Waals surface area (Å²) in [5, 5.41) is 30.1. The van der Waals surface area contributed by atoms with Gasteiger partial charge in [-0.1, -0.05) is 0 Å². The zero-order chi connectivity index (χ0) is 9.73. The first-order chi connectivity index (χ1) is 6.16. The number of hydrogen-bond donors (Lipinski definition) is 4. The lowest BCUT2D eigenvalue weighted by Gasteiger charge is -2.21. The molecule has 0 aliphatic carbocycles. The average molecular weight is 191 g/mol. The highest BCUT2D eigenvalue weighted by Crippen LogP contribution is 2.16. The van der Waals surface area contributed by atoms with Crippen molar-refractivity contribution in [3.8, 4) is 0 Å². The highest BCUT2D eigenvalue weighted by Gasteiger charge is 2.31. The lowest BCUT2D eigenvalue weighted by atomic mass is 10.0. The fourth-order valence-corrected chi connectivity index (χ4v) is 1.27. The van der Waals surface area contributed by atoms with Gasteiger partial charge in [-0.05, 0) is 0 Å². The van der Waals surface area contributed by atoms with Crippen molar-refractivity contribution in [3.63, 3.8) is 0 Å². The molecule has 2 atom stereocenters. The molecular weight excluding hydrogens is 174 g/mol. The van der Waals surface area contributed by atoms with Crippen LogP contribution in [0.15, 0.2) is 0 Å². The summed E-state index contributed by atoms with van der Waals surface area (Å²) >= 11 is 0. The largest absolute Gasteiger partial charge is 0.394 e. The number of rotatable bonds is 5. The van der Waals surface area contributed by atoms with Gasteiger partial charge in [-0.25, -0.2) is 0 Å². The molecule has 0 radical (unpaired) electrons. The van der Waals surface area contributed by atoms with Gasteiger partial charge >= 0.3 is 0 Å². The Bertz CT molecular complexity index is 147. The third kappa shape index (κ3) is 3.58. The monoisotopic (exact) mass is 191 g/mol. The van der Waals surface area contributed by atoms with Gasteiger partial charge in [0.15, 0.2) is 0 Å². The Balaban J connectivity index is 2.11. The Morgan fingerprint density at radius 3 is 2.85 bits per heavy atom. The molecule has 1 aliphatic heterocycles. The summed E-state index contributed by atoms with van der Waals surface area (Å²) in [5.41, 5.74) is -0.796. The van der Waals surface area contributed by atoms with E-state index in [2.05, 4.69) is 5.32 Å². The van der Waals surface area contributed by atoms with E-state index in [1.165, 1.54) is 0 Å². The second-order valence-corrected chi connectivity index (χ2v) is 3.49. The van der Waals surface area contributed by atoms with E-state index in [4.69, 9.17) is 14.9 Å². The minimum atomic E-state index is -0.796. The molecular formula is C8H17NO4. The predicted octanol–water partition coefficient (Wildman–Crippen LogP) is -1.92. The van der Waals surface area contributed by atoms with E-state index in [1.54, 1.807) is 0 Å². The highest BCUT2D eigenvalue weighted by molar-refractivity contribution is 4.85. The molecule has 0 aromatic rings. The highest BCUT2D eigenvalue weighted by atomic mass is 16.5. The fraction of sp³-hybridized carbons (Fsp3) is 1.00. The standard InChI is InChI=1S/C8H17NO4/c10-4-7(11)3-9-5-8(12)1-2-13-6-8/h7,9-12H,1-6H2/t7-,8?/m0/s1. The number of aliphatic hydroxyl groups is 3. The van der Waals surface area contributed by atoms with Crippen LogP contribution in [-0.4, -0.2) is 59.9 Å². The van der Waals surface area contributed by atoms with Gasteiger partial charge in [-0.15, -0.1) is 0 Å². The Hall–Kier alpha value is -0.200. The molecule has 0 spiro atoms. The van der Waals surface area contributed by atoms with E-state index in [1.807, 2.05) is 0 Å². The van der Waals surface area contributed by atoms with Gasteiger partial charge in [0.2, 0.25) is 0 Å². The molecule has 4 N–H and O–H groups in total. The molecule has 5 heteroatoms. The summed E-state index contributed by atoms with van der Waals surface area (Å²) < 4.78 is 5.04. The van der Waals surface area contributed by atoms with Gasteiger partial charge in [-0.2, -0.15) is 0 Å². The summed E-state index contributed by atoms with van der Waals surface area (Å²) in [4.78, 5) is 0. The van der Waals surface area contributed by atoms with Crippen molar-refractivity contribution in [2.45, 2.75) is 18.1 Å². The van der Waals surface area contributed by atoms with Gasteiger partial charge in [0, 0.05) is 26.1 Å². The topological polar surface area (TPSA) is 82.0 Å². The van der Waals surface area contributed by atoms with E-state index in [-0.39, 0.29) is 6.61 Å². The van der Waals surface area contributed by atoms with Crippen molar-refractivity contribution < 1.29 is 20.1 Å². The van der Waals surface area contributed by atoms with E-state index >= 15 is 0 Å². The molecule has 1 saturated heterocycles. The van der Waals surface area contributed by atoms with Crippen molar-refractivity contribution in [1.29, 1.82) is 0 Å². The minimum absolute atomic E-state index is 0.262. The fourth-order valence-electron chi connectivity index (χ4n) is 1.27. The third-order valence-electron chi connectivity index (χ3n) is 2.13. The second-order valence-electron chi connectivity index (χ2n) is 3.49. The van der Waals surface area contributed by atoms with Crippen LogP contribution in [0.4, 0.5) is 0 Å². The van der Waals surface area contributed by atoms with E-state index in [0.29, 0.717) is 32.7 Å². The van der Waals surface area contributed by atoms with E-state index < -0.39 is 11.7 Å². The first kappa shape index (κ1) is 10.9. The van der Waals surface area contributed by atoms with Crippen LogP contribution in [0, 0.1) is 0 Å². The van der Waals surface area contributed by atoms with Crippen LogP contribution >= 0.6 is 0 Å². The first-order valence-electron chi connectivity index (χ1n) is 4.46. The van der Waals surface area contributed by atoms with Crippen molar-refractivity contribution >= 4 is 0 Å². The average Bonchev–Trinajstić information content (AvgIpc) is 2.52. The third-order valence-corrected chi connectivity index (χ3v) is 2.13. The van der Waals surface area contributed by atoms with Crippen molar-refractivity contribution in [2.75, 3.05) is 32.9 Å². The van der Waals surface area contributed by atoms with Crippen LogP contribution in [0.25, 0.3) is 0 Å². The van der Waals surface area contributed by atoms with Crippen molar-refractivity contribution in [1.82, 2.24) is 5.32 Å². The summed E-state index contributed by atoms with van der Waals surface area (Å²) in [7, 11) is 0.